The van der Waals surface area contributed by atoms with Crippen LogP contribution in [0.15, 0.2) is 77.9 Å². The number of carbonyl (C=O) groups excluding carboxylic acids is 2. The molecule has 1 unspecified atom stereocenters. The first-order valence-corrected chi connectivity index (χ1v) is 10.8. The number of esters is 1. The van der Waals surface area contributed by atoms with Crippen LogP contribution < -0.4 is 4.74 Å². The van der Waals surface area contributed by atoms with Gasteiger partial charge in [-0.2, -0.15) is 5.10 Å². The van der Waals surface area contributed by atoms with E-state index >= 15 is 0 Å². The van der Waals surface area contributed by atoms with Crippen LogP contribution >= 0.6 is 0 Å². The van der Waals surface area contributed by atoms with Gasteiger partial charge in [0.2, 0.25) is 0 Å². The maximum atomic E-state index is 13.1. The minimum absolute atomic E-state index is 0.293. The molecule has 0 aliphatic carbocycles. The molecular weight excluding hydrogens is 416 g/mol. The van der Waals surface area contributed by atoms with Gasteiger partial charge < -0.3 is 9.47 Å². The summed E-state index contributed by atoms with van der Waals surface area (Å²) in [5.74, 6) is -0.154. The van der Waals surface area contributed by atoms with Gasteiger partial charge in [-0.3, -0.25) is 4.79 Å². The van der Waals surface area contributed by atoms with Gasteiger partial charge in [0.25, 0.3) is 5.91 Å². The summed E-state index contributed by atoms with van der Waals surface area (Å²) in [4.78, 5) is 25.7. The topological polar surface area (TPSA) is 68.2 Å². The van der Waals surface area contributed by atoms with Crippen LogP contribution in [0.1, 0.15) is 45.1 Å². The van der Waals surface area contributed by atoms with Crippen LogP contribution in [-0.4, -0.2) is 36.3 Å². The van der Waals surface area contributed by atoms with E-state index in [1.807, 2.05) is 80.6 Å². The molecule has 0 N–H and O–H groups in total. The molecule has 3 aromatic carbocycles. The Kier molecular flexibility index (Phi) is 6.54. The number of nitrogens with zero attached hydrogens (tertiary/aromatic N) is 2. The van der Waals surface area contributed by atoms with Crippen LogP contribution in [0.3, 0.4) is 0 Å². The van der Waals surface area contributed by atoms with E-state index < -0.39 is 5.97 Å². The van der Waals surface area contributed by atoms with Crippen LogP contribution in [0.4, 0.5) is 0 Å². The molecule has 1 aliphatic heterocycles. The average molecular weight is 443 g/mol. The maximum absolute atomic E-state index is 13.1. The Labute approximate surface area is 193 Å². The fourth-order valence-electron chi connectivity index (χ4n) is 3.86. The van der Waals surface area contributed by atoms with Crippen molar-refractivity contribution in [2.75, 3.05) is 13.7 Å². The van der Waals surface area contributed by atoms with Crippen molar-refractivity contribution in [3.63, 3.8) is 0 Å². The number of hydrazone groups is 1. The van der Waals surface area contributed by atoms with Crippen molar-refractivity contribution >= 4 is 17.6 Å². The average Bonchev–Trinajstić information content (AvgIpc) is 3.30. The Balaban J connectivity index is 1.55. The van der Waals surface area contributed by atoms with Crippen molar-refractivity contribution in [3.05, 3.63) is 101 Å². The summed E-state index contributed by atoms with van der Waals surface area (Å²) in [6.45, 7) is 3.36. The maximum Gasteiger partial charge on any atom is 0.338 e. The molecular formula is C27H26N2O4. The van der Waals surface area contributed by atoms with Crippen LogP contribution in [-0.2, 0) is 9.53 Å². The minimum Gasteiger partial charge on any atom is -0.497 e. The quantitative estimate of drug-likeness (QED) is 0.512. The van der Waals surface area contributed by atoms with Crippen molar-refractivity contribution in [1.29, 1.82) is 0 Å². The second kappa shape index (κ2) is 9.69. The zero-order valence-electron chi connectivity index (χ0n) is 18.9. The molecule has 33 heavy (non-hydrogen) atoms. The summed E-state index contributed by atoms with van der Waals surface area (Å²) in [7, 11) is 1.61. The minimum atomic E-state index is -0.517. The fraction of sp³-hybridized carbons (Fsp3) is 0.222. The summed E-state index contributed by atoms with van der Waals surface area (Å²) >= 11 is 0. The Hall–Kier alpha value is -3.93. The van der Waals surface area contributed by atoms with Gasteiger partial charge in [-0.05, 0) is 48.7 Å². The fourth-order valence-corrected chi connectivity index (χ4v) is 3.86. The smallest absolute Gasteiger partial charge is 0.338 e. The second-order valence-electron chi connectivity index (χ2n) is 8.04. The van der Waals surface area contributed by atoms with Gasteiger partial charge >= 0.3 is 5.97 Å². The second-order valence-corrected chi connectivity index (χ2v) is 8.04. The lowest BCUT2D eigenvalue weighted by Crippen LogP contribution is -2.31. The van der Waals surface area contributed by atoms with E-state index in [1.54, 1.807) is 13.2 Å². The lowest BCUT2D eigenvalue weighted by atomic mass is 9.98. The first kappa shape index (κ1) is 22.3. The van der Waals surface area contributed by atoms with Crippen LogP contribution in [0, 0.1) is 13.8 Å². The van der Waals surface area contributed by atoms with Crippen LogP contribution in [0.5, 0.6) is 5.75 Å². The number of amides is 1. The highest BCUT2D eigenvalue weighted by Crippen LogP contribution is 2.33. The molecule has 6 heteroatoms. The predicted molar refractivity (Wildman–Crippen MR) is 126 cm³/mol. The van der Waals surface area contributed by atoms with E-state index in [0.29, 0.717) is 12.0 Å². The number of aryl methyl sites for hydroxylation is 2. The first-order valence-electron chi connectivity index (χ1n) is 10.8. The van der Waals surface area contributed by atoms with Gasteiger partial charge in [-0.1, -0.05) is 60.2 Å². The SMILES string of the molecule is COc1ccc(C2CC(c3ccccc3)=NN2C(=O)COC(=O)c2cc(C)ccc2C)cc1. The molecule has 0 aromatic heterocycles. The van der Waals surface area contributed by atoms with Crippen LogP contribution in [0.2, 0.25) is 0 Å². The summed E-state index contributed by atoms with van der Waals surface area (Å²) < 4.78 is 10.6. The molecule has 1 heterocycles. The van der Waals surface area contributed by atoms with Gasteiger partial charge in [-0.15, -0.1) is 0 Å². The largest absolute Gasteiger partial charge is 0.497 e. The highest BCUT2D eigenvalue weighted by atomic mass is 16.5. The molecule has 1 atom stereocenters. The summed E-state index contributed by atoms with van der Waals surface area (Å²) in [5, 5.41) is 6.05. The third-order valence-corrected chi connectivity index (χ3v) is 5.71. The lowest BCUT2D eigenvalue weighted by Gasteiger charge is -2.22. The molecule has 1 amide bonds. The number of benzene rings is 3. The van der Waals surface area contributed by atoms with Gasteiger partial charge in [0, 0.05) is 6.42 Å². The molecule has 0 spiro atoms. The molecule has 0 fully saturated rings. The van der Waals surface area contributed by atoms with Gasteiger partial charge in [-0.25, -0.2) is 9.80 Å². The normalized spacial score (nSPS) is 15.2. The summed E-state index contributed by atoms with van der Waals surface area (Å²) in [6, 6.07) is 22.6. The highest BCUT2D eigenvalue weighted by molar-refractivity contribution is 6.03. The van der Waals surface area contributed by atoms with Gasteiger partial charge in [0.15, 0.2) is 6.61 Å². The standard InChI is InChI=1S/C27H26N2O4/c1-18-9-10-19(2)23(15-18)27(31)33-17-26(30)29-25(21-11-13-22(32-3)14-12-21)16-24(28-29)20-7-5-4-6-8-20/h4-15,25H,16-17H2,1-3H3. The summed E-state index contributed by atoms with van der Waals surface area (Å²) in [6.07, 6.45) is 0.563. The zero-order chi connectivity index (χ0) is 23.4. The van der Waals surface area contributed by atoms with E-state index in [0.717, 1.165) is 33.7 Å². The highest BCUT2D eigenvalue weighted by Gasteiger charge is 2.33. The molecule has 0 saturated heterocycles. The molecule has 3 aromatic rings. The zero-order valence-corrected chi connectivity index (χ0v) is 18.9. The molecule has 0 saturated carbocycles. The molecule has 6 nitrogen and oxygen atoms in total. The Morgan fingerprint density at radius 2 is 1.73 bits per heavy atom. The first-order chi connectivity index (χ1) is 16.0. The van der Waals surface area contributed by atoms with E-state index in [9.17, 15) is 9.59 Å². The number of carbonyl (C=O) groups is 2. The predicted octanol–water partition coefficient (Wildman–Crippen LogP) is 4.85. The molecule has 0 radical (unpaired) electrons. The Morgan fingerprint density at radius 3 is 2.42 bits per heavy atom. The van der Waals surface area contributed by atoms with E-state index in [4.69, 9.17) is 9.47 Å². The monoisotopic (exact) mass is 442 g/mol. The molecule has 1 aliphatic rings. The van der Waals surface area contributed by atoms with E-state index in [-0.39, 0.29) is 18.6 Å². The molecule has 4 rings (SSSR count). The number of hydrogen-bond donors (Lipinski definition) is 0. The van der Waals surface area contributed by atoms with Gasteiger partial charge in [0.05, 0.1) is 24.4 Å². The van der Waals surface area contributed by atoms with Crippen molar-refractivity contribution in [2.45, 2.75) is 26.3 Å². The van der Waals surface area contributed by atoms with Crippen molar-refractivity contribution in [1.82, 2.24) is 5.01 Å². The van der Waals surface area contributed by atoms with Crippen molar-refractivity contribution in [3.8, 4) is 5.75 Å². The Bertz CT molecular complexity index is 1190. The third kappa shape index (κ3) is 4.95. The van der Waals surface area contributed by atoms with Crippen LogP contribution in [0.25, 0.3) is 0 Å². The van der Waals surface area contributed by atoms with Gasteiger partial charge in [0.1, 0.15) is 5.75 Å². The van der Waals surface area contributed by atoms with Crippen molar-refractivity contribution < 1.29 is 19.1 Å². The Morgan fingerprint density at radius 1 is 1.00 bits per heavy atom. The number of methoxy groups -OCH3 is 1. The number of ether oxygens (including phenoxy) is 2. The summed E-state index contributed by atoms with van der Waals surface area (Å²) in [5.41, 5.74) is 4.92. The van der Waals surface area contributed by atoms with E-state index in [1.165, 1.54) is 5.01 Å². The van der Waals surface area contributed by atoms with E-state index in [2.05, 4.69) is 5.10 Å². The molecule has 0 bridgehead atoms. The molecule has 168 valence electrons. The third-order valence-electron chi connectivity index (χ3n) is 5.71. The van der Waals surface area contributed by atoms with Crippen molar-refractivity contribution in [2.24, 2.45) is 5.10 Å². The number of hydrogen-bond acceptors (Lipinski definition) is 5. The lowest BCUT2D eigenvalue weighted by molar-refractivity contribution is -0.136. The number of rotatable bonds is 6.